The molecule has 0 saturated heterocycles. The number of unbranched alkanes of at least 4 members (excludes halogenated alkanes) is 4. The number of benzene rings is 2. The van der Waals surface area contributed by atoms with Crippen LogP contribution in [0.15, 0.2) is 46.9 Å². The van der Waals surface area contributed by atoms with Crippen molar-refractivity contribution in [2.75, 3.05) is 18.5 Å². The molecule has 0 bridgehead atoms. The van der Waals surface area contributed by atoms with Crippen LogP contribution in [0.2, 0.25) is 0 Å². The first-order valence-electron chi connectivity index (χ1n) is 9.50. The van der Waals surface area contributed by atoms with Crippen LogP contribution in [0.5, 0.6) is 11.5 Å². The second kappa shape index (κ2) is 11.7. The Hall–Kier alpha value is -2.01. The van der Waals surface area contributed by atoms with E-state index in [0.29, 0.717) is 5.75 Å². The summed E-state index contributed by atoms with van der Waals surface area (Å²) in [5, 5.41) is 2.83. The van der Waals surface area contributed by atoms with E-state index in [1.807, 2.05) is 49.4 Å². The zero-order valence-electron chi connectivity index (χ0n) is 16.1. The van der Waals surface area contributed by atoms with E-state index in [-0.39, 0.29) is 12.5 Å². The molecule has 1 amide bonds. The number of hydrogen-bond donors (Lipinski definition) is 1. The smallest absolute Gasteiger partial charge is 0.262 e. The van der Waals surface area contributed by atoms with Crippen molar-refractivity contribution in [3.05, 3.63) is 52.5 Å². The van der Waals surface area contributed by atoms with Crippen LogP contribution in [0.1, 0.15) is 44.6 Å². The summed E-state index contributed by atoms with van der Waals surface area (Å²) in [6.07, 6.45) is 6.10. The zero-order chi connectivity index (χ0) is 19.5. The Balaban J connectivity index is 1.71. The van der Waals surface area contributed by atoms with Gasteiger partial charge in [0.1, 0.15) is 11.5 Å². The standard InChI is InChI=1S/C22H28BrNO3/c1-3-4-5-6-7-14-26-20-11-9-19(10-12-20)24-22(25)16-27-21-13-8-18(23)15-17(21)2/h8-13,15H,3-7,14,16H2,1-2H3,(H,24,25). The molecule has 0 spiro atoms. The maximum absolute atomic E-state index is 12.1. The third-order valence-electron chi connectivity index (χ3n) is 4.15. The van der Waals surface area contributed by atoms with Gasteiger partial charge in [0, 0.05) is 10.2 Å². The summed E-state index contributed by atoms with van der Waals surface area (Å²) in [6.45, 7) is 4.86. The molecule has 0 aliphatic heterocycles. The van der Waals surface area contributed by atoms with Crippen molar-refractivity contribution in [3.8, 4) is 11.5 Å². The monoisotopic (exact) mass is 433 g/mol. The number of hydrogen-bond acceptors (Lipinski definition) is 3. The topological polar surface area (TPSA) is 47.6 Å². The number of rotatable bonds is 11. The Labute approximate surface area is 170 Å². The minimum Gasteiger partial charge on any atom is -0.494 e. The molecular weight excluding hydrogens is 406 g/mol. The molecule has 5 heteroatoms. The molecule has 4 nitrogen and oxygen atoms in total. The summed E-state index contributed by atoms with van der Waals surface area (Å²) >= 11 is 3.41. The molecule has 0 saturated carbocycles. The van der Waals surface area contributed by atoms with Crippen molar-refractivity contribution in [2.24, 2.45) is 0 Å². The fraction of sp³-hybridized carbons (Fsp3) is 0.409. The number of anilines is 1. The second-order valence-electron chi connectivity index (χ2n) is 6.53. The van der Waals surface area contributed by atoms with E-state index in [1.54, 1.807) is 0 Å². The molecule has 2 rings (SSSR count). The van der Waals surface area contributed by atoms with E-state index < -0.39 is 0 Å². The van der Waals surface area contributed by atoms with Gasteiger partial charge in [0.05, 0.1) is 6.61 Å². The number of carbonyl (C=O) groups excluding carboxylic acids is 1. The number of nitrogens with one attached hydrogen (secondary N) is 1. The molecule has 0 aromatic heterocycles. The molecule has 146 valence electrons. The van der Waals surface area contributed by atoms with Crippen molar-refractivity contribution in [2.45, 2.75) is 46.0 Å². The Bertz CT molecular complexity index is 716. The molecule has 1 N–H and O–H groups in total. The number of carbonyl (C=O) groups is 1. The molecule has 0 aliphatic carbocycles. The fourth-order valence-electron chi connectivity index (χ4n) is 2.65. The van der Waals surface area contributed by atoms with E-state index in [4.69, 9.17) is 9.47 Å². The number of amides is 1. The van der Waals surface area contributed by atoms with Crippen LogP contribution in [-0.4, -0.2) is 19.1 Å². The van der Waals surface area contributed by atoms with Crippen molar-refractivity contribution in [1.82, 2.24) is 0 Å². The van der Waals surface area contributed by atoms with E-state index in [1.165, 1.54) is 25.7 Å². The fourth-order valence-corrected chi connectivity index (χ4v) is 3.12. The van der Waals surface area contributed by atoms with Gasteiger partial charge in [-0.3, -0.25) is 4.79 Å². The molecule has 0 heterocycles. The SMILES string of the molecule is CCCCCCCOc1ccc(NC(=O)COc2ccc(Br)cc2C)cc1. The Morgan fingerprint density at radius 3 is 2.44 bits per heavy atom. The zero-order valence-corrected chi connectivity index (χ0v) is 17.7. The number of aryl methyl sites for hydroxylation is 1. The summed E-state index contributed by atoms with van der Waals surface area (Å²) in [4.78, 5) is 12.1. The minimum atomic E-state index is -0.193. The number of ether oxygens (including phenoxy) is 2. The predicted molar refractivity (Wildman–Crippen MR) is 114 cm³/mol. The normalized spacial score (nSPS) is 10.5. The molecular formula is C22H28BrNO3. The average molecular weight is 434 g/mol. The van der Waals surface area contributed by atoms with Gasteiger partial charge in [-0.15, -0.1) is 0 Å². The van der Waals surface area contributed by atoms with Gasteiger partial charge >= 0.3 is 0 Å². The van der Waals surface area contributed by atoms with Crippen molar-refractivity contribution >= 4 is 27.5 Å². The molecule has 2 aromatic carbocycles. The first-order chi connectivity index (χ1) is 13.1. The van der Waals surface area contributed by atoms with Gasteiger partial charge < -0.3 is 14.8 Å². The first kappa shape index (κ1) is 21.3. The van der Waals surface area contributed by atoms with Gasteiger partial charge in [0.25, 0.3) is 5.91 Å². The molecule has 0 atom stereocenters. The quantitative estimate of drug-likeness (QED) is 0.433. The van der Waals surface area contributed by atoms with Gasteiger partial charge in [0.2, 0.25) is 0 Å². The highest BCUT2D eigenvalue weighted by molar-refractivity contribution is 9.10. The van der Waals surface area contributed by atoms with E-state index in [9.17, 15) is 4.79 Å². The van der Waals surface area contributed by atoms with Crippen LogP contribution >= 0.6 is 15.9 Å². The summed E-state index contributed by atoms with van der Waals surface area (Å²) < 4.78 is 12.3. The Morgan fingerprint density at radius 1 is 1.00 bits per heavy atom. The van der Waals surface area contributed by atoms with Crippen LogP contribution in [0.25, 0.3) is 0 Å². The van der Waals surface area contributed by atoms with Crippen LogP contribution < -0.4 is 14.8 Å². The molecule has 2 aromatic rings. The van der Waals surface area contributed by atoms with Gasteiger partial charge in [-0.05, 0) is 61.4 Å². The van der Waals surface area contributed by atoms with Gasteiger partial charge in [-0.1, -0.05) is 48.5 Å². The Morgan fingerprint density at radius 2 is 1.74 bits per heavy atom. The highest BCUT2D eigenvalue weighted by atomic mass is 79.9. The van der Waals surface area contributed by atoms with E-state index in [2.05, 4.69) is 28.2 Å². The highest BCUT2D eigenvalue weighted by Gasteiger charge is 2.06. The van der Waals surface area contributed by atoms with Crippen LogP contribution in [0, 0.1) is 6.92 Å². The van der Waals surface area contributed by atoms with Gasteiger partial charge in [-0.25, -0.2) is 0 Å². The molecule has 27 heavy (non-hydrogen) atoms. The number of halogens is 1. The summed E-state index contributed by atoms with van der Waals surface area (Å²) in [5.74, 6) is 1.34. The van der Waals surface area contributed by atoms with Crippen molar-refractivity contribution in [1.29, 1.82) is 0 Å². The molecule has 0 fully saturated rings. The lowest BCUT2D eigenvalue weighted by Crippen LogP contribution is -2.20. The molecule has 0 aliphatic rings. The van der Waals surface area contributed by atoms with Gasteiger partial charge in [-0.2, -0.15) is 0 Å². The van der Waals surface area contributed by atoms with Gasteiger partial charge in [0.15, 0.2) is 6.61 Å². The largest absolute Gasteiger partial charge is 0.494 e. The minimum absolute atomic E-state index is 0.0293. The van der Waals surface area contributed by atoms with Crippen molar-refractivity contribution < 1.29 is 14.3 Å². The summed E-state index contributed by atoms with van der Waals surface area (Å²) in [6, 6.07) is 13.1. The predicted octanol–water partition coefficient (Wildman–Crippen LogP) is 6.12. The summed E-state index contributed by atoms with van der Waals surface area (Å²) in [7, 11) is 0. The third kappa shape index (κ3) is 8.04. The molecule has 0 radical (unpaired) electrons. The average Bonchev–Trinajstić information content (AvgIpc) is 2.65. The molecule has 0 unspecified atom stereocenters. The first-order valence-corrected chi connectivity index (χ1v) is 10.3. The lowest BCUT2D eigenvalue weighted by atomic mass is 10.2. The maximum atomic E-state index is 12.1. The van der Waals surface area contributed by atoms with Crippen molar-refractivity contribution in [3.63, 3.8) is 0 Å². The Kier molecular flexibility index (Phi) is 9.19. The third-order valence-corrected chi connectivity index (χ3v) is 4.64. The van der Waals surface area contributed by atoms with Crippen LogP contribution in [0.3, 0.4) is 0 Å². The van der Waals surface area contributed by atoms with E-state index >= 15 is 0 Å². The lowest BCUT2D eigenvalue weighted by molar-refractivity contribution is -0.118. The highest BCUT2D eigenvalue weighted by Crippen LogP contribution is 2.22. The maximum Gasteiger partial charge on any atom is 0.262 e. The second-order valence-corrected chi connectivity index (χ2v) is 7.45. The van der Waals surface area contributed by atoms with E-state index in [0.717, 1.165) is 34.5 Å². The van der Waals surface area contributed by atoms with Crippen LogP contribution in [0.4, 0.5) is 5.69 Å². The lowest BCUT2D eigenvalue weighted by Gasteiger charge is -2.11. The summed E-state index contributed by atoms with van der Waals surface area (Å²) in [5.41, 5.74) is 1.71. The van der Waals surface area contributed by atoms with Crippen LogP contribution in [-0.2, 0) is 4.79 Å².